The molecule has 2 unspecified atom stereocenters. The van der Waals surface area contributed by atoms with Gasteiger partial charge >= 0.3 is 0 Å². The first-order chi connectivity index (χ1) is 6.11. The molecule has 0 saturated heterocycles. The van der Waals surface area contributed by atoms with Crippen LogP contribution in [0.3, 0.4) is 0 Å². The zero-order valence-electron chi connectivity index (χ0n) is 7.52. The third-order valence-corrected chi connectivity index (χ3v) is 2.30. The second-order valence-corrected chi connectivity index (χ2v) is 3.40. The highest BCUT2D eigenvalue weighted by molar-refractivity contribution is 7.74. The Kier molecular flexibility index (Phi) is 3.59. The van der Waals surface area contributed by atoms with E-state index < -0.39 is 17.5 Å². The summed E-state index contributed by atoms with van der Waals surface area (Å²) in [5, 5.41) is 0. The monoisotopic (exact) mass is 199 g/mol. The molecule has 0 saturated carbocycles. The van der Waals surface area contributed by atoms with E-state index in [-0.39, 0.29) is 0 Å². The van der Waals surface area contributed by atoms with Gasteiger partial charge in [0.15, 0.2) is 0 Å². The maximum atomic E-state index is 10.3. The van der Waals surface area contributed by atoms with E-state index in [0.29, 0.717) is 0 Å². The van der Waals surface area contributed by atoms with Gasteiger partial charge in [0.2, 0.25) is 0 Å². The number of hydrogen-bond acceptors (Lipinski definition) is 3. The van der Waals surface area contributed by atoms with Crippen molar-refractivity contribution in [2.24, 2.45) is 0 Å². The second kappa shape index (κ2) is 4.50. The molecule has 0 aromatic heterocycles. The molecule has 72 valence electrons. The Labute approximate surface area is 80.2 Å². The van der Waals surface area contributed by atoms with Gasteiger partial charge in [0.25, 0.3) is 0 Å². The fourth-order valence-corrected chi connectivity index (χ4v) is 1.55. The smallest absolute Gasteiger partial charge is 0.0961 e. The summed E-state index contributed by atoms with van der Waals surface area (Å²) >= 11 is -2.45. The summed E-state index contributed by atoms with van der Waals surface area (Å²) in [6.07, 6.45) is -0.417. The van der Waals surface area contributed by atoms with E-state index in [2.05, 4.69) is 4.18 Å². The van der Waals surface area contributed by atoms with Crippen LogP contribution in [0, 0.1) is 6.92 Å². The minimum atomic E-state index is -2.45. The van der Waals surface area contributed by atoms with E-state index in [1.165, 1.54) is 0 Å². The molecular weight excluding hydrogens is 188 g/mol. The molecule has 1 aromatic carbocycles. The van der Waals surface area contributed by atoms with Gasteiger partial charge in [0.05, 0.1) is 17.5 Å². The van der Waals surface area contributed by atoms with Crippen molar-refractivity contribution in [2.45, 2.75) is 20.0 Å². The molecule has 3 nitrogen and oxygen atoms in total. The van der Waals surface area contributed by atoms with E-state index in [1.54, 1.807) is 6.92 Å². The fraction of sp³-hybridized carbons (Fsp3) is 0.333. The van der Waals surface area contributed by atoms with E-state index in [4.69, 9.17) is 0 Å². The lowest BCUT2D eigenvalue weighted by atomic mass is 10.1. The minimum absolute atomic E-state index is 0.417. The third-order valence-electron chi connectivity index (χ3n) is 1.85. The quantitative estimate of drug-likeness (QED) is 0.698. The standard InChI is InChI=1S/C9H12O3S/c1-7-5-3-4-6-9(7)8(2)12-13(10)11/h3-6,8H,1-2H3,(H,10,11)/p-1. The van der Waals surface area contributed by atoms with Crippen LogP contribution in [0.2, 0.25) is 0 Å². The number of rotatable bonds is 3. The summed E-state index contributed by atoms with van der Waals surface area (Å²) in [4.78, 5) is 0. The first kappa shape index (κ1) is 10.4. The van der Waals surface area contributed by atoms with Gasteiger partial charge in [0, 0.05) is 0 Å². The molecule has 0 heterocycles. The lowest BCUT2D eigenvalue weighted by Crippen LogP contribution is -2.03. The molecule has 0 spiro atoms. The van der Waals surface area contributed by atoms with E-state index >= 15 is 0 Å². The first-order valence-corrected chi connectivity index (χ1v) is 4.93. The van der Waals surface area contributed by atoms with Gasteiger partial charge in [-0.25, -0.2) is 4.21 Å². The molecule has 2 atom stereocenters. The third kappa shape index (κ3) is 2.91. The molecule has 0 amide bonds. The van der Waals surface area contributed by atoms with E-state index in [9.17, 15) is 8.76 Å². The molecule has 1 rings (SSSR count). The molecule has 0 aliphatic rings. The first-order valence-electron chi connectivity index (χ1n) is 3.93. The van der Waals surface area contributed by atoms with Crippen molar-refractivity contribution in [3.8, 4) is 0 Å². The molecule has 0 aliphatic heterocycles. The number of benzene rings is 1. The van der Waals surface area contributed by atoms with Crippen molar-refractivity contribution in [2.75, 3.05) is 0 Å². The van der Waals surface area contributed by atoms with Gasteiger partial charge in [-0.05, 0) is 25.0 Å². The average Bonchev–Trinajstić information content (AvgIpc) is 2.03. The number of hydrogen-bond donors (Lipinski definition) is 0. The molecule has 1 aromatic rings. The van der Waals surface area contributed by atoms with Crippen molar-refractivity contribution in [1.29, 1.82) is 0 Å². The topological polar surface area (TPSA) is 49.4 Å². The molecule has 0 bridgehead atoms. The Morgan fingerprint density at radius 1 is 1.46 bits per heavy atom. The van der Waals surface area contributed by atoms with Crippen LogP contribution in [-0.2, 0) is 15.5 Å². The van der Waals surface area contributed by atoms with Crippen LogP contribution in [0.5, 0.6) is 0 Å². The summed E-state index contributed by atoms with van der Waals surface area (Å²) in [5.74, 6) is 0. The van der Waals surface area contributed by atoms with Crippen LogP contribution in [0.25, 0.3) is 0 Å². The predicted octanol–water partition coefficient (Wildman–Crippen LogP) is 1.87. The zero-order valence-corrected chi connectivity index (χ0v) is 8.34. The Hall–Kier alpha value is -0.710. The highest BCUT2D eigenvalue weighted by Gasteiger charge is 2.07. The molecule has 0 aliphatic carbocycles. The Morgan fingerprint density at radius 2 is 2.08 bits per heavy atom. The van der Waals surface area contributed by atoms with Gasteiger partial charge in [-0.1, -0.05) is 24.3 Å². The average molecular weight is 199 g/mol. The van der Waals surface area contributed by atoms with Gasteiger partial charge in [-0.2, -0.15) is 0 Å². The normalized spacial score (nSPS) is 15.3. The predicted molar refractivity (Wildman–Crippen MR) is 49.6 cm³/mol. The summed E-state index contributed by atoms with van der Waals surface area (Å²) in [5.41, 5.74) is 1.92. The Morgan fingerprint density at radius 3 is 2.62 bits per heavy atom. The van der Waals surface area contributed by atoms with Crippen LogP contribution < -0.4 is 0 Å². The van der Waals surface area contributed by atoms with Crippen molar-refractivity contribution < 1.29 is 12.9 Å². The molecule has 13 heavy (non-hydrogen) atoms. The van der Waals surface area contributed by atoms with Crippen LogP contribution in [0.15, 0.2) is 24.3 Å². The highest BCUT2D eigenvalue weighted by atomic mass is 32.2. The lowest BCUT2D eigenvalue weighted by molar-refractivity contribution is 0.223. The van der Waals surface area contributed by atoms with Crippen molar-refractivity contribution in [3.05, 3.63) is 35.4 Å². The summed E-state index contributed by atoms with van der Waals surface area (Å²) < 4.78 is 25.2. The van der Waals surface area contributed by atoms with Crippen LogP contribution in [0.4, 0.5) is 0 Å². The van der Waals surface area contributed by atoms with Gasteiger partial charge in [0.1, 0.15) is 0 Å². The molecule has 0 fully saturated rings. The minimum Gasteiger partial charge on any atom is -0.750 e. The van der Waals surface area contributed by atoms with Crippen LogP contribution in [-0.4, -0.2) is 8.76 Å². The van der Waals surface area contributed by atoms with Crippen LogP contribution in [0.1, 0.15) is 24.2 Å². The molecular formula is C9H11O3S-. The summed E-state index contributed by atoms with van der Waals surface area (Å²) in [6, 6.07) is 7.53. The second-order valence-electron chi connectivity index (χ2n) is 2.80. The largest absolute Gasteiger partial charge is 0.750 e. The van der Waals surface area contributed by atoms with Crippen molar-refractivity contribution >= 4 is 11.4 Å². The van der Waals surface area contributed by atoms with E-state index in [1.807, 2.05) is 31.2 Å². The van der Waals surface area contributed by atoms with Crippen molar-refractivity contribution in [3.63, 3.8) is 0 Å². The summed E-state index contributed by atoms with van der Waals surface area (Å²) in [7, 11) is 0. The molecule has 0 radical (unpaired) electrons. The van der Waals surface area contributed by atoms with E-state index in [0.717, 1.165) is 11.1 Å². The Bertz CT molecular complexity index is 311. The molecule has 4 heteroatoms. The number of aryl methyl sites for hydroxylation is 1. The van der Waals surface area contributed by atoms with Gasteiger partial charge in [-0.3, -0.25) is 4.18 Å². The highest BCUT2D eigenvalue weighted by Crippen LogP contribution is 2.20. The van der Waals surface area contributed by atoms with Gasteiger partial charge < -0.3 is 4.55 Å². The summed E-state index contributed by atoms with van der Waals surface area (Å²) in [6.45, 7) is 3.63. The SMILES string of the molecule is Cc1ccccc1C(C)OS(=O)[O-]. The van der Waals surface area contributed by atoms with Crippen molar-refractivity contribution in [1.82, 2.24) is 0 Å². The van der Waals surface area contributed by atoms with Crippen LogP contribution >= 0.6 is 0 Å². The zero-order chi connectivity index (χ0) is 9.84. The molecule has 0 N–H and O–H groups in total. The maximum Gasteiger partial charge on any atom is 0.0961 e. The fourth-order valence-electron chi connectivity index (χ4n) is 1.21. The maximum absolute atomic E-state index is 10.3. The Balaban J connectivity index is 2.82. The van der Waals surface area contributed by atoms with Gasteiger partial charge in [-0.15, -0.1) is 0 Å². The lowest BCUT2D eigenvalue weighted by Gasteiger charge is -2.16.